The number of urea groups is 1. The van der Waals surface area contributed by atoms with E-state index in [2.05, 4.69) is 17.1 Å². The van der Waals surface area contributed by atoms with E-state index in [0.717, 1.165) is 47.7 Å². The van der Waals surface area contributed by atoms with Gasteiger partial charge in [0.25, 0.3) is 0 Å². The van der Waals surface area contributed by atoms with E-state index in [-0.39, 0.29) is 11.8 Å². The number of amides is 2. The molecule has 1 aliphatic rings. The normalized spacial score (nSPS) is 16.2. The average Bonchev–Trinajstić information content (AvgIpc) is 2.94. The van der Waals surface area contributed by atoms with Crippen LogP contribution in [0.25, 0.3) is 10.1 Å². The Morgan fingerprint density at radius 1 is 1.27 bits per heavy atom. The highest BCUT2D eigenvalue weighted by molar-refractivity contribution is 7.19. The van der Waals surface area contributed by atoms with Crippen LogP contribution in [0.15, 0.2) is 24.3 Å². The van der Waals surface area contributed by atoms with Gasteiger partial charge < -0.3 is 15.1 Å². The van der Waals surface area contributed by atoms with Gasteiger partial charge in [0.15, 0.2) is 0 Å². The SMILES string of the molecule is CCN1CCN(C(=O)NCc2cc3cc(F)ccc3s2)CC1. The first kappa shape index (κ1) is 15.2. The summed E-state index contributed by atoms with van der Waals surface area (Å²) in [5, 5.41) is 3.86. The summed E-state index contributed by atoms with van der Waals surface area (Å²) in [6.07, 6.45) is 0. The van der Waals surface area contributed by atoms with E-state index in [1.54, 1.807) is 17.4 Å². The van der Waals surface area contributed by atoms with Crippen LogP contribution in [0, 0.1) is 5.82 Å². The maximum atomic E-state index is 13.2. The second kappa shape index (κ2) is 6.62. The number of carbonyl (C=O) groups excluding carboxylic acids is 1. The molecule has 0 saturated carbocycles. The van der Waals surface area contributed by atoms with Crippen molar-refractivity contribution >= 4 is 27.5 Å². The molecule has 1 aliphatic heterocycles. The molecule has 22 heavy (non-hydrogen) atoms. The van der Waals surface area contributed by atoms with Crippen LogP contribution < -0.4 is 5.32 Å². The third-order valence-corrected chi connectivity index (χ3v) is 5.17. The summed E-state index contributed by atoms with van der Waals surface area (Å²) >= 11 is 1.59. The Hall–Kier alpha value is -1.66. The molecule has 1 fully saturated rings. The van der Waals surface area contributed by atoms with Crippen molar-refractivity contribution < 1.29 is 9.18 Å². The summed E-state index contributed by atoms with van der Waals surface area (Å²) in [5.41, 5.74) is 0. The van der Waals surface area contributed by atoms with E-state index in [9.17, 15) is 9.18 Å². The predicted octanol–water partition coefficient (Wildman–Crippen LogP) is 2.89. The lowest BCUT2D eigenvalue weighted by Crippen LogP contribution is -2.51. The molecule has 0 unspecified atom stereocenters. The van der Waals surface area contributed by atoms with Gasteiger partial charge in [-0.25, -0.2) is 9.18 Å². The molecule has 2 heterocycles. The summed E-state index contributed by atoms with van der Waals surface area (Å²) < 4.78 is 14.2. The number of likely N-dealkylation sites (N-methyl/N-ethyl adjacent to an activating group) is 1. The van der Waals surface area contributed by atoms with E-state index in [1.165, 1.54) is 12.1 Å². The van der Waals surface area contributed by atoms with Crippen molar-refractivity contribution in [3.63, 3.8) is 0 Å². The first-order valence-electron chi connectivity index (χ1n) is 7.59. The summed E-state index contributed by atoms with van der Waals surface area (Å²) in [6, 6.07) is 6.71. The predicted molar refractivity (Wildman–Crippen MR) is 87.7 cm³/mol. The number of fused-ring (bicyclic) bond motifs is 1. The Morgan fingerprint density at radius 3 is 2.77 bits per heavy atom. The first-order chi connectivity index (χ1) is 10.7. The van der Waals surface area contributed by atoms with Crippen LogP contribution in [0.4, 0.5) is 9.18 Å². The monoisotopic (exact) mass is 321 g/mol. The number of piperazine rings is 1. The molecule has 0 aliphatic carbocycles. The third-order valence-electron chi connectivity index (χ3n) is 4.05. The molecule has 1 aromatic carbocycles. The zero-order valence-electron chi connectivity index (χ0n) is 12.6. The largest absolute Gasteiger partial charge is 0.333 e. The summed E-state index contributed by atoms with van der Waals surface area (Å²) in [4.78, 5) is 17.4. The minimum absolute atomic E-state index is 0.0145. The molecule has 3 rings (SSSR count). The van der Waals surface area contributed by atoms with Crippen LogP contribution >= 0.6 is 11.3 Å². The van der Waals surface area contributed by atoms with Crippen molar-refractivity contribution in [2.45, 2.75) is 13.5 Å². The fraction of sp³-hybridized carbons (Fsp3) is 0.438. The third kappa shape index (κ3) is 3.39. The van der Waals surface area contributed by atoms with Gasteiger partial charge in [0.1, 0.15) is 5.82 Å². The van der Waals surface area contributed by atoms with E-state index in [1.807, 2.05) is 11.0 Å². The number of rotatable bonds is 3. The molecular formula is C16H20FN3OS. The summed E-state index contributed by atoms with van der Waals surface area (Å²) in [7, 11) is 0. The zero-order chi connectivity index (χ0) is 15.5. The summed E-state index contributed by atoms with van der Waals surface area (Å²) in [6.45, 7) is 7.09. The standard InChI is InChI=1S/C16H20FN3OS/c1-2-19-5-7-20(8-6-19)16(21)18-11-14-10-12-9-13(17)3-4-15(12)22-14/h3-4,9-10H,2,5-8,11H2,1H3,(H,18,21). The molecule has 2 aromatic rings. The molecule has 1 saturated heterocycles. The van der Waals surface area contributed by atoms with Gasteiger partial charge in [-0.3, -0.25) is 0 Å². The maximum Gasteiger partial charge on any atom is 0.317 e. The second-order valence-corrected chi connectivity index (χ2v) is 6.64. The minimum Gasteiger partial charge on any atom is -0.333 e. The molecule has 2 amide bonds. The number of halogens is 1. The number of carbonyl (C=O) groups is 1. The highest BCUT2D eigenvalue weighted by Gasteiger charge is 2.19. The van der Waals surface area contributed by atoms with Crippen LogP contribution in [-0.4, -0.2) is 48.6 Å². The Kier molecular flexibility index (Phi) is 4.59. The van der Waals surface area contributed by atoms with Crippen molar-refractivity contribution in [3.8, 4) is 0 Å². The lowest BCUT2D eigenvalue weighted by molar-refractivity contribution is 0.143. The molecule has 118 valence electrons. The zero-order valence-corrected chi connectivity index (χ0v) is 13.5. The van der Waals surface area contributed by atoms with Gasteiger partial charge in [-0.1, -0.05) is 6.92 Å². The van der Waals surface area contributed by atoms with E-state index in [0.29, 0.717) is 6.54 Å². The number of nitrogens with one attached hydrogen (secondary N) is 1. The fourth-order valence-corrected chi connectivity index (χ4v) is 3.68. The van der Waals surface area contributed by atoms with Crippen molar-refractivity contribution in [2.75, 3.05) is 32.7 Å². The first-order valence-corrected chi connectivity index (χ1v) is 8.40. The molecule has 4 nitrogen and oxygen atoms in total. The second-order valence-electron chi connectivity index (χ2n) is 5.47. The highest BCUT2D eigenvalue weighted by atomic mass is 32.1. The van der Waals surface area contributed by atoms with Crippen LogP contribution in [0.2, 0.25) is 0 Å². The van der Waals surface area contributed by atoms with Crippen molar-refractivity contribution in [2.24, 2.45) is 0 Å². The maximum absolute atomic E-state index is 13.2. The summed E-state index contributed by atoms with van der Waals surface area (Å²) in [5.74, 6) is -0.227. The van der Waals surface area contributed by atoms with Gasteiger partial charge in [-0.2, -0.15) is 0 Å². The van der Waals surface area contributed by atoms with E-state index >= 15 is 0 Å². The Morgan fingerprint density at radius 2 is 2.05 bits per heavy atom. The minimum atomic E-state index is -0.227. The van der Waals surface area contributed by atoms with Crippen molar-refractivity contribution in [1.29, 1.82) is 0 Å². The highest BCUT2D eigenvalue weighted by Crippen LogP contribution is 2.26. The smallest absolute Gasteiger partial charge is 0.317 e. The molecule has 0 radical (unpaired) electrons. The van der Waals surface area contributed by atoms with Gasteiger partial charge in [0, 0.05) is 35.8 Å². The van der Waals surface area contributed by atoms with E-state index < -0.39 is 0 Å². The number of nitrogens with zero attached hydrogens (tertiary/aromatic N) is 2. The number of benzene rings is 1. The Labute approximate surface area is 133 Å². The van der Waals surface area contributed by atoms with Crippen LogP contribution in [0.5, 0.6) is 0 Å². The Bertz CT molecular complexity index is 664. The lowest BCUT2D eigenvalue weighted by Gasteiger charge is -2.33. The molecule has 0 spiro atoms. The molecule has 1 aromatic heterocycles. The lowest BCUT2D eigenvalue weighted by atomic mass is 10.2. The number of thiophene rings is 1. The molecule has 6 heteroatoms. The van der Waals surface area contributed by atoms with E-state index in [4.69, 9.17) is 0 Å². The van der Waals surface area contributed by atoms with Gasteiger partial charge >= 0.3 is 6.03 Å². The van der Waals surface area contributed by atoms with Crippen LogP contribution in [0.1, 0.15) is 11.8 Å². The van der Waals surface area contributed by atoms with Gasteiger partial charge in [-0.05, 0) is 36.2 Å². The van der Waals surface area contributed by atoms with Crippen molar-refractivity contribution in [3.05, 3.63) is 35.0 Å². The molecule has 1 N–H and O–H groups in total. The van der Waals surface area contributed by atoms with Gasteiger partial charge in [0.2, 0.25) is 0 Å². The average molecular weight is 321 g/mol. The quantitative estimate of drug-likeness (QED) is 0.943. The van der Waals surface area contributed by atoms with Crippen LogP contribution in [0.3, 0.4) is 0 Å². The molecular weight excluding hydrogens is 301 g/mol. The topological polar surface area (TPSA) is 35.6 Å². The Balaban J connectivity index is 1.56. The molecule has 0 bridgehead atoms. The number of hydrogen-bond donors (Lipinski definition) is 1. The van der Waals surface area contributed by atoms with Gasteiger partial charge in [0.05, 0.1) is 6.54 Å². The van der Waals surface area contributed by atoms with Crippen molar-refractivity contribution in [1.82, 2.24) is 15.1 Å². The van der Waals surface area contributed by atoms with Crippen LogP contribution in [-0.2, 0) is 6.54 Å². The number of hydrogen-bond acceptors (Lipinski definition) is 3. The van der Waals surface area contributed by atoms with Gasteiger partial charge in [-0.15, -0.1) is 11.3 Å². The molecule has 0 atom stereocenters. The fourth-order valence-electron chi connectivity index (χ4n) is 2.70.